The monoisotopic (exact) mass is 343 g/mol. The van der Waals surface area contributed by atoms with Crippen molar-refractivity contribution in [3.05, 3.63) is 53.9 Å². The first kappa shape index (κ1) is 15.9. The molecular formula is C17H18FN5O2. The maximum absolute atomic E-state index is 13.1. The van der Waals surface area contributed by atoms with Crippen molar-refractivity contribution in [3.8, 4) is 11.5 Å². The highest BCUT2D eigenvalue weighted by Crippen LogP contribution is 2.26. The molecule has 2 aromatic heterocycles. The van der Waals surface area contributed by atoms with Crippen molar-refractivity contribution in [1.29, 1.82) is 0 Å². The molecule has 0 N–H and O–H groups in total. The molecule has 4 rings (SSSR count). The van der Waals surface area contributed by atoms with E-state index in [1.807, 2.05) is 13.2 Å². The highest BCUT2D eigenvalue weighted by molar-refractivity contribution is 5.49. The van der Waals surface area contributed by atoms with Gasteiger partial charge in [0.25, 0.3) is 5.89 Å². The zero-order valence-corrected chi connectivity index (χ0v) is 13.8. The Kier molecular flexibility index (Phi) is 4.29. The fourth-order valence-electron chi connectivity index (χ4n) is 2.91. The summed E-state index contributed by atoms with van der Waals surface area (Å²) in [5.41, 5.74) is 1.81. The number of morpholine rings is 1. The summed E-state index contributed by atoms with van der Waals surface area (Å²) >= 11 is 0. The van der Waals surface area contributed by atoms with Crippen LogP contribution in [0, 0.1) is 5.82 Å². The normalized spacial score (nSPS) is 18.6. The summed E-state index contributed by atoms with van der Waals surface area (Å²) in [7, 11) is 1.83. The van der Waals surface area contributed by atoms with Gasteiger partial charge in [-0.1, -0.05) is 17.3 Å². The van der Waals surface area contributed by atoms with Crippen molar-refractivity contribution in [2.75, 3.05) is 19.8 Å². The van der Waals surface area contributed by atoms with Crippen LogP contribution < -0.4 is 0 Å². The summed E-state index contributed by atoms with van der Waals surface area (Å²) in [6.45, 7) is 2.56. The zero-order valence-electron chi connectivity index (χ0n) is 13.8. The van der Waals surface area contributed by atoms with Crippen LogP contribution in [0.1, 0.15) is 17.4 Å². The van der Waals surface area contributed by atoms with Gasteiger partial charge >= 0.3 is 0 Å². The molecule has 0 aliphatic carbocycles. The van der Waals surface area contributed by atoms with Gasteiger partial charge in [0.1, 0.15) is 5.82 Å². The van der Waals surface area contributed by atoms with Gasteiger partial charge in [-0.15, -0.1) is 0 Å². The number of aryl methyl sites for hydroxylation is 1. The molecule has 3 aromatic rings. The Bertz CT molecular complexity index is 845. The van der Waals surface area contributed by atoms with Crippen molar-refractivity contribution >= 4 is 0 Å². The van der Waals surface area contributed by atoms with Crippen molar-refractivity contribution in [2.24, 2.45) is 7.05 Å². The van der Waals surface area contributed by atoms with E-state index in [2.05, 4.69) is 20.1 Å². The maximum atomic E-state index is 13.1. The number of nitrogens with zero attached hydrogens (tertiary/aromatic N) is 5. The summed E-state index contributed by atoms with van der Waals surface area (Å²) in [6.07, 6.45) is 3.51. The molecule has 1 saturated heterocycles. The van der Waals surface area contributed by atoms with E-state index in [1.54, 1.807) is 23.0 Å². The number of hydrogen-bond acceptors (Lipinski definition) is 6. The molecule has 25 heavy (non-hydrogen) atoms. The third-order valence-electron chi connectivity index (χ3n) is 4.23. The van der Waals surface area contributed by atoms with Gasteiger partial charge < -0.3 is 9.26 Å². The highest BCUT2D eigenvalue weighted by atomic mass is 19.1. The van der Waals surface area contributed by atoms with E-state index in [0.717, 1.165) is 17.7 Å². The third-order valence-corrected chi connectivity index (χ3v) is 4.23. The number of halogens is 1. The summed E-state index contributed by atoms with van der Waals surface area (Å²) in [5, 5.41) is 8.24. The van der Waals surface area contributed by atoms with Gasteiger partial charge in [0.15, 0.2) is 5.82 Å². The van der Waals surface area contributed by atoms with E-state index in [9.17, 15) is 4.39 Å². The molecule has 1 aliphatic heterocycles. The maximum Gasteiger partial charge on any atom is 0.261 e. The second kappa shape index (κ2) is 6.73. The largest absolute Gasteiger partial charge is 0.378 e. The molecule has 7 nitrogen and oxygen atoms in total. The number of rotatable bonds is 4. The fourth-order valence-corrected chi connectivity index (χ4v) is 2.91. The molecule has 0 bridgehead atoms. The average molecular weight is 343 g/mol. The van der Waals surface area contributed by atoms with Crippen LogP contribution in [0.4, 0.5) is 4.39 Å². The first-order valence-corrected chi connectivity index (χ1v) is 8.08. The van der Waals surface area contributed by atoms with Crippen LogP contribution in [-0.2, 0) is 18.3 Å². The van der Waals surface area contributed by atoms with Gasteiger partial charge in [0, 0.05) is 26.3 Å². The second-order valence-corrected chi connectivity index (χ2v) is 6.05. The van der Waals surface area contributed by atoms with Crippen molar-refractivity contribution in [2.45, 2.75) is 12.6 Å². The topological polar surface area (TPSA) is 69.2 Å². The lowest BCUT2D eigenvalue weighted by Gasteiger charge is -2.33. The van der Waals surface area contributed by atoms with Gasteiger partial charge in [-0.3, -0.25) is 9.58 Å². The predicted octanol–water partition coefficient (Wildman–Crippen LogP) is 2.18. The molecule has 3 heterocycles. The van der Waals surface area contributed by atoms with Gasteiger partial charge in [-0.25, -0.2) is 4.39 Å². The number of aromatic nitrogens is 4. The van der Waals surface area contributed by atoms with E-state index in [-0.39, 0.29) is 11.9 Å². The minimum absolute atomic E-state index is 0.104. The summed E-state index contributed by atoms with van der Waals surface area (Å²) in [5.74, 6) is 0.789. The lowest BCUT2D eigenvalue weighted by atomic mass is 10.1. The smallest absolute Gasteiger partial charge is 0.261 e. The Morgan fingerprint density at radius 3 is 2.88 bits per heavy atom. The zero-order chi connectivity index (χ0) is 17.2. The van der Waals surface area contributed by atoms with Gasteiger partial charge in [0.2, 0.25) is 0 Å². The number of ether oxygens (including phenoxy) is 1. The van der Waals surface area contributed by atoms with Crippen LogP contribution in [0.3, 0.4) is 0 Å². The minimum atomic E-state index is -0.235. The summed E-state index contributed by atoms with van der Waals surface area (Å²) < 4.78 is 25.8. The van der Waals surface area contributed by atoms with Crippen molar-refractivity contribution in [3.63, 3.8) is 0 Å². The Morgan fingerprint density at radius 1 is 1.28 bits per heavy atom. The number of benzene rings is 1. The van der Waals surface area contributed by atoms with Crippen LogP contribution >= 0.6 is 0 Å². The first-order valence-electron chi connectivity index (χ1n) is 8.08. The SMILES string of the molecule is Cn1cc(-c2nc(C3COCCN3Cc3ccc(F)cc3)no2)cn1. The molecule has 1 unspecified atom stereocenters. The summed E-state index contributed by atoms with van der Waals surface area (Å²) in [4.78, 5) is 6.73. The predicted molar refractivity (Wildman–Crippen MR) is 86.9 cm³/mol. The molecule has 0 amide bonds. The summed E-state index contributed by atoms with van der Waals surface area (Å²) in [6, 6.07) is 6.42. The lowest BCUT2D eigenvalue weighted by molar-refractivity contribution is -0.0166. The Labute approximate surface area is 144 Å². The molecule has 130 valence electrons. The second-order valence-electron chi connectivity index (χ2n) is 6.05. The molecule has 0 spiro atoms. The molecular weight excluding hydrogens is 325 g/mol. The van der Waals surface area contributed by atoms with E-state index in [1.165, 1.54) is 12.1 Å². The van der Waals surface area contributed by atoms with Crippen LogP contribution in [0.2, 0.25) is 0 Å². The molecule has 1 atom stereocenters. The number of hydrogen-bond donors (Lipinski definition) is 0. The first-order chi connectivity index (χ1) is 12.2. The van der Waals surface area contributed by atoms with E-state index in [0.29, 0.717) is 31.5 Å². The quantitative estimate of drug-likeness (QED) is 0.723. The lowest BCUT2D eigenvalue weighted by Crippen LogP contribution is -2.39. The van der Waals surface area contributed by atoms with Crippen molar-refractivity contribution in [1.82, 2.24) is 24.8 Å². The fraction of sp³-hybridized carbons (Fsp3) is 0.353. The molecule has 1 fully saturated rings. The average Bonchev–Trinajstić information content (AvgIpc) is 3.26. The molecule has 1 aromatic carbocycles. The van der Waals surface area contributed by atoms with Crippen LogP contribution in [-0.4, -0.2) is 44.6 Å². The highest BCUT2D eigenvalue weighted by Gasteiger charge is 2.29. The molecule has 1 aliphatic rings. The van der Waals surface area contributed by atoms with E-state index in [4.69, 9.17) is 9.26 Å². The van der Waals surface area contributed by atoms with E-state index < -0.39 is 0 Å². The Balaban J connectivity index is 1.54. The van der Waals surface area contributed by atoms with Crippen molar-refractivity contribution < 1.29 is 13.7 Å². The Morgan fingerprint density at radius 2 is 2.12 bits per heavy atom. The van der Waals surface area contributed by atoms with E-state index >= 15 is 0 Å². The third kappa shape index (κ3) is 3.45. The minimum Gasteiger partial charge on any atom is -0.378 e. The molecule has 0 saturated carbocycles. The van der Waals surface area contributed by atoms with Crippen LogP contribution in [0.5, 0.6) is 0 Å². The van der Waals surface area contributed by atoms with Gasteiger partial charge in [0.05, 0.1) is 31.0 Å². The molecule has 8 heteroatoms. The van der Waals surface area contributed by atoms with Gasteiger partial charge in [-0.2, -0.15) is 10.1 Å². The Hall–Kier alpha value is -2.58. The standard InChI is InChI=1S/C17H18FN5O2/c1-22-10-13(8-19-22)17-20-16(21-25-17)15-11-24-7-6-23(15)9-12-2-4-14(18)5-3-12/h2-5,8,10,15H,6-7,9,11H2,1H3. The molecule has 0 radical (unpaired) electrons. The van der Waals surface area contributed by atoms with Crippen LogP contribution in [0.15, 0.2) is 41.2 Å². The van der Waals surface area contributed by atoms with Gasteiger partial charge in [-0.05, 0) is 17.7 Å². The van der Waals surface area contributed by atoms with Crippen LogP contribution in [0.25, 0.3) is 11.5 Å².